The molecule has 4 nitrogen and oxygen atoms in total. The van der Waals surface area contributed by atoms with E-state index < -0.39 is 0 Å². The lowest BCUT2D eigenvalue weighted by Gasteiger charge is -2.38. The Morgan fingerprint density at radius 3 is 2.41 bits per heavy atom. The molecular formula is C27H36N2O2S. The average Bonchev–Trinajstić information content (AvgIpc) is 3.48. The number of amides is 2. The molecule has 1 aliphatic carbocycles. The van der Waals surface area contributed by atoms with Crippen LogP contribution in [0, 0.1) is 11.8 Å². The molecule has 2 amide bonds. The minimum Gasteiger partial charge on any atom is -0.333 e. The van der Waals surface area contributed by atoms with Crippen molar-refractivity contribution in [3.8, 4) is 0 Å². The van der Waals surface area contributed by atoms with E-state index in [1.165, 1.54) is 16.0 Å². The summed E-state index contributed by atoms with van der Waals surface area (Å²) < 4.78 is 0. The zero-order chi connectivity index (χ0) is 23.0. The van der Waals surface area contributed by atoms with Gasteiger partial charge in [-0.15, -0.1) is 11.3 Å². The van der Waals surface area contributed by atoms with Gasteiger partial charge in [0.1, 0.15) is 0 Å². The molecule has 1 saturated carbocycles. The quantitative estimate of drug-likeness (QED) is 0.588. The maximum absolute atomic E-state index is 13.6. The van der Waals surface area contributed by atoms with Gasteiger partial charge in [-0.1, -0.05) is 58.9 Å². The number of carbonyl (C=O) groups excluding carboxylic acids is 2. The molecule has 2 heterocycles. The van der Waals surface area contributed by atoms with Gasteiger partial charge < -0.3 is 9.80 Å². The van der Waals surface area contributed by atoms with Gasteiger partial charge in [0.15, 0.2) is 0 Å². The van der Waals surface area contributed by atoms with E-state index in [0.29, 0.717) is 19.0 Å². The van der Waals surface area contributed by atoms with Gasteiger partial charge in [-0.25, -0.2) is 0 Å². The Bertz CT molecular complexity index is 966. The average molecular weight is 453 g/mol. The van der Waals surface area contributed by atoms with Crippen LogP contribution in [0.5, 0.6) is 0 Å². The fraction of sp³-hybridized carbons (Fsp3) is 0.556. The second-order valence-corrected chi connectivity index (χ2v) is 11.8. The van der Waals surface area contributed by atoms with Crippen LogP contribution in [0.3, 0.4) is 0 Å². The molecule has 1 aromatic carbocycles. The van der Waals surface area contributed by atoms with Crippen LogP contribution in [-0.4, -0.2) is 41.2 Å². The Morgan fingerprint density at radius 2 is 1.81 bits per heavy atom. The molecule has 2 aromatic rings. The lowest BCUT2D eigenvalue weighted by Crippen LogP contribution is -2.47. The van der Waals surface area contributed by atoms with Crippen LogP contribution in [-0.2, 0) is 21.4 Å². The Labute approximate surface area is 196 Å². The van der Waals surface area contributed by atoms with Crippen molar-refractivity contribution in [2.24, 2.45) is 11.8 Å². The van der Waals surface area contributed by atoms with Gasteiger partial charge in [0.05, 0.1) is 12.6 Å². The largest absolute Gasteiger partial charge is 0.333 e. The Balaban J connectivity index is 1.61. The Hall–Kier alpha value is -2.14. The molecule has 0 saturated heterocycles. The fourth-order valence-electron chi connectivity index (χ4n) is 4.63. The maximum Gasteiger partial charge on any atom is 0.242 e. The number of hydrogen-bond donors (Lipinski definition) is 0. The summed E-state index contributed by atoms with van der Waals surface area (Å²) in [6.45, 7) is 12.4. The number of hydrogen-bond acceptors (Lipinski definition) is 3. The van der Waals surface area contributed by atoms with E-state index in [4.69, 9.17) is 0 Å². The minimum absolute atomic E-state index is 0.0568. The summed E-state index contributed by atoms with van der Waals surface area (Å²) in [5.74, 6) is 0.691. The predicted molar refractivity (Wildman–Crippen MR) is 131 cm³/mol. The number of fused-ring (bicyclic) bond motifs is 1. The lowest BCUT2D eigenvalue weighted by molar-refractivity contribution is -0.142. The SMILES string of the molecule is CC(C)CN(CC(=O)N1CCc2sccc2C1c1ccc(C(C)(C)C)cc1)C(=O)C1CC1. The third-order valence-corrected chi connectivity index (χ3v) is 7.53. The first kappa shape index (κ1) is 23.0. The molecule has 1 unspecified atom stereocenters. The molecule has 5 heteroatoms. The van der Waals surface area contributed by atoms with Gasteiger partial charge in [-0.2, -0.15) is 0 Å². The van der Waals surface area contributed by atoms with E-state index in [-0.39, 0.29) is 35.7 Å². The van der Waals surface area contributed by atoms with Crippen LogP contribution in [0.1, 0.15) is 75.1 Å². The molecule has 1 aromatic heterocycles. The molecule has 2 aliphatic rings. The van der Waals surface area contributed by atoms with Gasteiger partial charge in [0.25, 0.3) is 0 Å². The smallest absolute Gasteiger partial charge is 0.242 e. The monoisotopic (exact) mass is 452 g/mol. The summed E-state index contributed by atoms with van der Waals surface area (Å²) in [5.41, 5.74) is 3.77. The normalized spacial score (nSPS) is 18.6. The van der Waals surface area contributed by atoms with Crippen molar-refractivity contribution in [2.45, 2.75) is 65.3 Å². The minimum atomic E-state index is -0.0801. The maximum atomic E-state index is 13.6. The van der Waals surface area contributed by atoms with E-state index in [9.17, 15) is 9.59 Å². The summed E-state index contributed by atoms with van der Waals surface area (Å²) in [6, 6.07) is 10.8. The highest BCUT2D eigenvalue weighted by molar-refractivity contribution is 7.10. The summed E-state index contributed by atoms with van der Waals surface area (Å²) in [5, 5.41) is 2.14. The summed E-state index contributed by atoms with van der Waals surface area (Å²) in [7, 11) is 0. The lowest BCUT2D eigenvalue weighted by atomic mass is 9.85. The van der Waals surface area contributed by atoms with Crippen LogP contribution in [0.25, 0.3) is 0 Å². The number of nitrogens with zero attached hydrogens (tertiary/aromatic N) is 2. The number of rotatable bonds is 6. The molecule has 0 N–H and O–H groups in total. The van der Waals surface area contributed by atoms with E-state index in [1.54, 1.807) is 11.3 Å². The molecule has 32 heavy (non-hydrogen) atoms. The van der Waals surface area contributed by atoms with E-state index in [1.807, 2.05) is 9.80 Å². The summed E-state index contributed by atoms with van der Waals surface area (Å²) >= 11 is 1.78. The number of carbonyl (C=O) groups is 2. The van der Waals surface area contributed by atoms with Crippen molar-refractivity contribution in [3.05, 3.63) is 57.3 Å². The van der Waals surface area contributed by atoms with Crippen molar-refractivity contribution in [1.29, 1.82) is 0 Å². The first-order chi connectivity index (χ1) is 15.1. The molecule has 4 rings (SSSR count). The fourth-order valence-corrected chi connectivity index (χ4v) is 5.53. The molecule has 172 valence electrons. The summed E-state index contributed by atoms with van der Waals surface area (Å²) in [6.07, 6.45) is 2.81. The zero-order valence-corrected chi connectivity index (χ0v) is 20.9. The van der Waals surface area contributed by atoms with E-state index in [2.05, 4.69) is 70.3 Å². The highest BCUT2D eigenvalue weighted by Gasteiger charge is 2.37. The number of benzene rings is 1. The zero-order valence-electron chi connectivity index (χ0n) is 20.1. The highest BCUT2D eigenvalue weighted by atomic mass is 32.1. The van der Waals surface area contributed by atoms with Gasteiger partial charge >= 0.3 is 0 Å². The second kappa shape index (κ2) is 9.01. The van der Waals surface area contributed by atoms with Gasteiger partial charge in [0, 0.05) is 23.9 Å². The van der Waals surface area contributed by atoms with E-state index >= 15 is 0 Å². The van der Waals surface area contributed by atoms with Crippen molar-refractivity contribution < 1.29 is 9.59 Å². The molecule has 1 fully saturated rings. The highest BCUT2D eigenvalue weighted by Crippen LogP contribution is 2.39. The Kier molecular flexibility index (Phi) is 6.49. The van der Waals surface area contributed by atoms with E-state index in [0.717, 1.165) is 24.8 Å². The third kappa shape index (κ3) is 4.93. The van der Waals surface area contributed by atoms with Crippen molar-refractivity contribution in [3.63, 3.8) is 0 Å². The van der Waals surface area contributed by atoms with Gasteiger partial charge in [-0.05, 0) is 58.7 Å². The van der Waals surface area contributed by atoms with Crippen LogP contribution in [0.2, 0.25) is 0 Å². The van der Waals surface area contributed by atoms with Crippen molar-refractivity contribution >= 4 is 23.2 Å². The first-order valence-corrected chi connectivity index (χ1v) is 12.8. The van der Waals surface area contributed by atoms with Crippen LogP contribution in [0.15, 0.2) is 35.7 Å². The molecule has 0 bridgehead atoms. The summed E-state index contributed by atoms with van der Waals surface area (Å²) in [4.78, 5) is 31.7. The topological polar surface area (TPSA) is 40.6 Å². The second-order valence-electron chi connectivity index (χ2n) is 10.8. The Morgan fingerprint density at radius 1 is 1.12 bits per heavy atom. The third-order valence-electron chi connectivity index (χ3n) is 6.53. The van der Waals surface area contributed by atoms with Crippen molar-refractivity contribution in [2.75, 3.05) is 19.6 Å². The molecular weight excluding hydrogens is 416 g/mol. The van der Waals surface area contributed by atoms with Crippen molar-refractivity contribution in [1.82, 2.24) is 9.80 Å². The predicted octanol–water partition coefficient (Wildman–Crippen LogP) is 5.41. The molecule has 0 spiro atoms. The van der Waals surface area contributed by atoms with Gasteiger partial charge in [0.2, 0.25) is 11.8 Å². The molecule has 1 atom stereocenters. The molecule has 0 radical (unpaired) electrons. The van der Waals surface area contributed by atoms with Crippen LogP contribution < -0.4 is 0 Å². The van der Waals surface area contributed by atoms with Crippen LogP contribution in [0.4, 0.5) is 0 Å². The van der Waals surface area contributed by atoms with Crippen LogP contribution >= 0.6 is 11.3 Å². The molecule has 1 aliphatic heterocycles. The van der Waals surface area contributed by atoms with Gasteiger partial charge in [-0.3, -0.25) is 9.59 Å². The first-order valence-electron chi connectivity index (χ1n) is 11.9. The number of thiophene rings is 1. The standard InChI is InChI=1S/C27H36N2O2S/c1-18(2)16-28(26(31)20-6-7-20)17-24(30)29-14-12-23-22(13-15-32-23)25(29)19-8-10-21(11-9-19)27(3,4)5/h8-11,13,15,18,20,25H,6-7,12,14,16-17H2,1-5H3.